The topological polar surface area (TPSA) is 80.3 Å². The van der Waals surface area contributed by atoms with Gasteiger partial charge in [-0.2, -0.15) is 0 Å². The highest BCUT2D eigenvalue weighted by Crippen LogP contribution is 2.57. The number of carbonyl (C=O) groups excluding carboxylic acids is 1. The second kappa shape index (κ2) is 7.41. The van der Waals surface area contributed by atoms with E-state index in [0.717, 1.165) is 0 Å². The van der Waals surface area contributed by atoms with Crippen molar-refractivity contribution in [2.24, 2.45) is 5.92 Å². The van der Waals surface area contributed by atoms with Crippen LogP contribution in [0.5, 0.6) is 0 Å². The largest absolute Gasteiger partial charge is 0.465 e. The monoisotopic (exact) mass is 336 g/mol. The predicted molar refractivity (Wildman–Crippen MR) is 78.6 cm³/mol. The minimum atomic E-state index is -3.54. The lowest BCUT2D eigenvalue weighted by Gasteiger charge is -2.38. The van der Waals surface area contributed by atoms with Crippen LogP contribution in [-0.4, -0.2) is 51.5 Å². The molecule has 2 rings (SSSR count). The molecule has 0 N–H and O–H groups in total. The van der Waals surface area contributed by atoms with Gasteiger partial charge < -0.3 is 23.3 Å². The molecule has 1 atom stereocenters. The van der Waals surface area contributed by atoms with Gasteiger partial charge in [0.05, 0.1) is 19.8 Å². The summed E-state index contributed by atoms with van der Waals surface area (Å²) in [6.45, 7) is 3.14. The maximum atomic E-state index is 12.8. The standard InChI is InChI=1S/C14H25O7P/c1-4-19-13(15)12(22(16,17-2)18-3)11-5-7-14(8-6-11)20-9-10-21-14/h11-12H,4-10H2,1-3H3. The molecule has 1 aliphatic heterocycles. The highest BCUT2D eigenvalue weighted by Gasteiger charge is 2.50. The Labute approximate surface area is 131 Å². The Balaban J connectivity index is 2.12. The molecule has 0 radical (unpaired) electrons. The molecule has 1 saturated carbocycles. The molecule has 8 heteroatoms. The van der Waals surface area contributed by atoms with Crippen molar-refractivity contribution in [1.82, 2.24) is 0 Å². The first kappa shape index (κ1) is 17.9. The van der Waals surface area contributed by atoms with Crippen LogP contribution >= 0.6 is 7.60 Å². The fourth-order valence-electron chi connectivity index (χ4n) is 3.29. The van der Waals surface area contributed by atoms with Crippen LogP contribution in [0.2, 0.25) is 0 Å². The summed E-state index contributed by atoms with van der Waals surface area (Å²) in [5.74, 6) is -1.19. The fourth-order valence-corrected chi connectivity index (χ4v) is 5.04. The summed E-state index contributed by atoms with van der Waals surface area (Å²) in [6.07, 6.45) is 2.64. The molecule has 1 spiro atoms. The van der Waals surface area contributed by atoms with Crippen molar-refractivity contribution in [3.63, 3.8) is 0 Å². The molecule has 0 aromatic heterocycles. The van der Waals surface area contributed by atoms with Crippen molar-refractivity contribution in [2.75, 3.05) is 34.0 Å². The quantitative estimate of drug-likeness (QED) is 0.544. The lowest BCUT2D eigenvalue weighted by molar-refractivity contribution is -0.184. The van der Waals surface area contributed by atoms with Crippen LogP contribution in [0.1, 0.15) is 32.6 Å². The minimum Gasteiger partial charge on any atom is -0.465 e. The van der Waals surface area contributed by atoms with Crippen LogP contribution in [0, 0.1) is 5.92 Å². The number of hydrogen-bond donors (Lipinski definition) is 0. The van der Waals surface area contributed by atoms with Crippen molar-refractivity contribution >= 4 is 13.6 Å². The van der Waals surface area contributed by atoms with E-state index in [2.05, 4.69) is 0 Å². The molecule has 7 nitrogen and oxygen atoms in total. The van der Waals surface area contributed by atoms with E-state index >= 15 is 0 Å². The SMILES string of the molecule is CCOC(=O)C(C1CCC2(CC1)OCCO2)P(=O)(OC)OC. The zero-order chi connectivity index (χ0) is 16.2. The van der Waals surface area contributed by atoms with Gasteiger partial charge in [-0.25, -0.2) is 0 Å². The van der Waals surface area contributed by atoms with Crippen molar-refractivity contribution in [3.05, 3.63) is 0 Å². The van der Waals surface area contributed by atoms with Crippen LogP contribution in [0.3, 0.4) is 0 Å². The third kappa shape index (κ3) is 3.54. The Hall–Kier alpha value is -0.460. The van der Waals surface area contributed by atoms with E-state index in [0.29, 0.717) is 38.9 Å². The van der Waals surface area contributed by atoms with E-state index < -0.39 is 25.0 Å². The molecule has 0 aromatic rings. The lowest BCUT2D eigenvalue weighted by atomic mass is 9.83. The van der Waals surface area contributed by atoms with Crippen LogP contribution in [-0.2, 0) is 32.6 Å². The van der Waals surface area contributed by atoms with Crippen molar-refractivity contribution in [2.45, 2.75) is 44.1 Å². The van der Waals surface area contributed by atoms with Gasteiger partial charge in [-0.05, 0) is 25.7 Å². The summed E-state index contributed by atoms with van der Waals surface area (Å²) in [4.78, 5) is 12.3. The molecule has 2 aliphatic rings. The number of hydrogen-bond acceptors (Lipinski definition) is 7. The van der Waals surface area contributed by atoms with Crippen molar-refractivity contribution in [1.29, 1.82) is 0 Å². The third-order valence-electron chi connectivity index (χ3n) is 4.43. The normalized spacial score (nSPS) is 23.6. The van der Waals surface area contributed by atoms with Gasteiger partial charge in [0.15, 0.2) is 11.4 Å². The predicted octanol–water partition coefficient (Wildman–Crippen LogP) is 2.34. The third-order valence-corrected chi connectivity index (χ3v) is 6.76. The maximum Gasteiger partial charge on any atom is 0.344 e. The summed E-state index contributed by atoms with van der Waals surface area (Å²) in [5.41, 5.74) is -0.902. The van der Waals surface area contributed by atoms with E-state index in [-0.39, 0.29) is 12.5 Å². The molecule has 1 aliphatic carbocycles. The molecule has 128 valence electrons. The van der Waals surface area contributed by atoms with Gasteiger partial charge in [0.25, 0.3) is 0 Å². The first-order valence-corrected chi connectivity index (χ1v) is 9.27. The highest BCUT2D eigenvalue weighted by molar-refractivity contribution is 7.55. The fraction of sp³-hybridized carbons (Fsp3) is 0.929. The molecule has 0 aromatic carbocycles. The maximum absolute atomic E-state index is 12.8. The zero-order valence-electron chi connectivity index (χ0n) is 13.4. The van der Waals surface area contributed by atoms with Gasteiger partial charge in [-0.3, -0.25) is 9.36 Å². The lowest BCUT2D eigenvalue weighted by Crippen LogP contribution is -2.41. The summed E-state index contributed by atoms with van der Waals surface area (Å²) >= 11 is 0. The van der Waals surface area contributed by atoms with Gasteiger partial charge in [0.1, 0.15) is 0 Å². The Kier molecular flexibility index (Phi) is 6.02. The number of rotatable bonds is 6. The second-order valence-corrected chi connectivity index (χ2v) is 7.91. The number of esters is 1. The average molecular weight is 336 g/mol. The van der Waals surface area contributed by atoms with Crippen LogP contribution < -0.4 is 0 Å². The first-order chi connectivity index (χ1) is 10.5. The molecule has 22 heavy (non-hydrogen) atoms. The van der Waals surface area contributed by atoms with E-state index in [1.807, 2.05) is 0 Å². The highest BCUT2D eigenvalue weighted by atomic mass is 31.2. The Morgan fingerprint density at radius 1 is 1.23 bits per heavy atom. The summed E-state index contributed by atoms with van der Waals surface area (Å²) in [7, 11) is -0.954. The Morgan fingerprint density at radius 3 is 2.23 bits per heavy atom. The smallest absolute Gasteiger partial charge is 0.344 e. The van der Waals surface area contributed by atoms with Crippen molar-refractivity contribution < 1.29 is 32.6 Å². The van der Waals surface area contributed by atoms with Gasteiger partial charge >= 0.3 is 13.6 Å². The van der Waals surface area contributed by atoms with Gasteiger partial charge in [0, 0.05) is 27.1 Å². The van der Waals surface area contributed by atoms with Gasteiger partial charge in [0.2, 0.25) is 0 Å². The van der Waals surface area contributed by atoms with Crippen LogP contribution in [0.15, 0.2) is 0 Å². The van der Waals surface area contributed by atoms with Crippen LogP contribution in [0.4, 0.5) is 0 Å². The number of ether oxygens (including phenoxy) is 3. The van der Waals surface area contributed by atoms with E-state index in [1.54, 1.807) is 6.92 Å². The number of carbonyl (C=O) groups is 1. The molecule has 1 unspecified atom stereocenters. The van der Waals surface area contributed by atoms with Gasteiger partial charge in [-0.1, -0.05) is 0 Å². The average Bonchev–Trinajstić information content (AvgIpc) is 2.98. The summed E-state index contributed by atoms with van der Waals surface area (Å²) in [6, 6.07) is 0. The van der Waals surface area contributed by atoms with Crippen molar-refractivity contribution in [3.8, 4) is 0 Å². The molecule has 1 saturated heterocycles. The Morgan fingerprint density at radius 2 is 1.77 bits per heavy atom. The first-order valence-electron chi connectivity index (χ1n) is 7.66. The van der Waals surface area contributed by atoms with Crippen LogP contribution in [0.25, 0.3) is 0 Å². The molecular formula is C14H25O7P. The van der Waals surface area contributed by atoms with Gasteiger partial charge in [-0.15, -0.1) is 0 Å². The molecule has 1 heterocycles. The van der Waals surface area contributed by atoms with E-state index in [1.165, 1.54) is 14.2 Å². The molecular weight excluding hydrogens is 311 g/mol. The minimum absolute atomic E-state index is 0.136. The van der Waals surface area contributed by atoms with E-state index in [4.69, 9.17) is 23.3 Å². The second-order valence-electron chi connectivity index (χ2n) is 5.55. The molecule has 0 bridgehead atoms. The summed E-state index contributed by atoms with van der Waals surface area (Å²) < 4.78 is 39.3. The Bertz CT molecular complexity index is 415. The summed E-state index contributed by atoms with van der Waals surface area (Å²) in [5, 5.41) is 0. The molecule has 0 amide bonds. The molecule has 2 fully saturated rings. The zero-order valence-corrected chi connectivity index (χ0v) is 14.3. The van der Waals surface area contributed by atoms with E-state index in [9.17, 15) is 9.36 Å².